The highest BCUT2D eigenvalue weighted by Crippen LogP contribution is 2.22. The Morgan fingerprint density at radius 3 is 2.67 bits per heavy atom. The molecule has 1 aromatic heterocycles. The van der Waals surface area contributed by atoms with Gasteiger partial charge in [0, 0.05) is 18.0 Å². The van der Waals surface area contributed by atoms with E-state index in [4.69, 9.17) is 11.5 Å². The third-order valence-corrected chi connectivity index (χ3v) is 3.71. The second kappa shape index (κ2) is 7.66. The number of amides is 1. The first-order valence-electron chi connectivity index (χ1n) is 7.41. The molecule has 3 aromatic rings. The SMILES string of the molecule is Cl.Nc1ccc(CCC(=O)Nc2cccc3ncccc23)cc1N. The summed E-state index contributed by atoms with van der Waals surface area (Å²) in [5.74, 6) is -0.0447. The van der Waals surface area contributed by atoms with Gasteiger partial charge in [-0.1, -0.05) is 12.1 Å². The molecule has 0 unspecified atom stereocenters. The number of nitrogens with zero attached hydrogens (tertiary/aromatic N) is 1. The van der Waals surface area contributed by atoms with Crippen molar-refractivity contribution in [2.45, 2.75) is 12.8 Å². The first-order valence-corrected chi connectivity index (χ1v) is 7.41. The van der Waals surface area contributed by atoms with Crippen molar-refractivity contribution >= 4 is 46.3 Å². The van der Waals surface area contributed by atoms with Crippen molar-refractivity contribution < 1.29 is 4.79 Å². The van der Waals surface area contributed by atoms with Gasteiger partial charge in [-0.05, 0) is 48.4 Å². The Labute approximate surface area is 146 Å². The lowest BCUT2D eigenvalue weighted by Crippen LogP contribution is -2.12. The molecule has 0 radical (unpaired) electrons. The number of nitrogens with one attached hydrogen (secondary N) is 1. The average Bonchev–Trinajstić information content (AvgIpc) is 2.56. The summed E-state index contributed by atoms with van der Waals surface area (Å²) in [7, 11) is 0. The molecule has 0 aliphatic carbocycles. The predicted molar refractivity (Wildman–Crippen MR) is 101 cm³/mol. The van der Waals surface area contributed by atoms with Crippen LogP contribution in [0.4, 0.5) is 17.1 Å². The highest BCUT2D eigenvalue weighted by Gasteiger charge is 2.07. The maximum Gasteiger partial charge on any atom is 0.224 e. The number of hydrogen-bond donors (Lipinski definition) is 3. The van der Waals surface area contributed by atoms with E-state index in [0.717, 1.165) is 22.2 Å². The van der Waals surface area contributed by atoms with E-state index in [0.29, 0.717) is 24.2 Å². The monoisotopic (exact) mass is 342 g/mol. The Morgan fingerprint density at radius 2 is 1.88 bits per heavy atom. The summed E-state index contributed by atoms with van der Waals surface area (Å²) in [6.45, 7) is 0. The zero-order chi connectivity index (χ0) is 16.2. The minimum atomic E-state index is -0.0447. The van der Waals surface area contributed by atoms with E-state index in [1.165, 1.54) is 0 Å². The van der Waals surface area contributed by atoms with Crippen LogP contribution in [0.5, 0.6) is 0 Å². The Hall–Kier alpha value is -2.79. The van der Waals surface area contributed by atoms with Gasteiger partial charge in [0.25, 0.3) is 0 Å². The number of carbonyl (C=O) groups excluding carboxylic acids is 1. The normalized spacial score (nSPS) is 10.2. The van der Waals surface area contributed by atoms with Gasteiger partial charge in [0.15, 0.2) is 0 Å². The lowest BCUT2D eigenvalue weighted by atomic mass is 10.1. The molecule has 5 nitrogen and oxygen atoms in total. The van der Waals surface area contributed by atoms with Gasteiger partial charge < -0.3 is 16.8 Å². The van der Waals surface area contributed by atoms with Gasteiger partial charge in [-0.3, -0.25) is 9.78 Å². The van der Waals surface area contributed by atoms with Crippen molar-refractivity contribution in [1.29, 1.82) is 0 Å². The second-order valence-electron chi connectivity index (χ2n) is 5.39. The Bertz CT molecular complexity index is 861. The number of fused-ring (bicyclic) bond motifs is 1. The lowest BCUT2D eigenvalue weighted by molar-refractivity contribution is -0.116. The summed E-state index contributed by atoms with van der Waals surface area (Å²) in [5.41, 5.74) is 15.2. The summed E-state index contributed by atoms with van der Waals surface area (Å²) < 4.78 is 0. The molecule has 0 saturated heterocycles. The molecule has 0 bridgehead atoms. The number of halogens is 1. The van der Waals surface area contributed by atoms with Crippen LogP contribution in [0.3, 0.4) is 0 Å². The third kappa shape index (κ3) is 3.94. The van der Waals surface area contributed by atoms with Crippen molar-refractivity contribution in [3.63, 3.8) is 0 Å². The smallest absolute Gasteiger partial charge is 0.224 e. The van der Waals surface area contributed by atoms with Crippen LogP contribution in [0, 0.1) is 0 Å². The van der Waals surface area contributed by atoms with Crippen molar-refractivity contribution in [3.05, 3.63) is 60.3 Å². The maximum absolute atomic E-state index is 12.2. The fraction of sp³-hybridized carbons (Fsp3) is 0.111. The van der Waals surface area contributed by atoms with Crippen LogP contribution in [-0.4, -0.2) is 10.9 Å². The van der Waals surface area contributed by atoms with Crippen LogP contribution in [-0.2, 0) is 11.2 Å². The van der Waals surface area contributed by atoms with Gasteiger partial charge in [0.05, 0.1) is 22.6 Å². The molecule has 24 heavy (non-hydrogen) atoms. The van der Waals surface area contributed by atoms with Crippen LogP contribution < -0.4 is 16.8 Å². The molecule has 0 aliphatic heterocycles. The number of nitrogens with two attached hydrogens (primary N) is 2. The van der Waals surface area contributed by atoms with Gasteiger partial charge in [0.1, 0.15) is 0 Å². The number of anilines is 3. The van der Waals surface area contributed by atoms with Gasteiger partial charge in [-0.2, -0.15) is 0 Å². The van der Waals surface area contributed by atoms with Crippen LogP contribution >= 0.6 is 12.4 Å². The second-order valence-corrected chi connectivity index (χ2v) is 5.39. The van der Waals surface area contributed by atoms with Crippen LogP contribution in [0.2, 0.25) is 0 Å². The van der Waals surface area contributed by atoms with E-state index >= 15 is 0 Å². The first kappa shape index (κ1) is 17.6. The predicted octanol–water partition coefficient (Wildman–Crippen LogP) is 3.39. The van der Waals surface area contributed by atoms with Gasteiger partial charge >= 0.3 is 0 Å². The number of aromatic nitrogens is 1. The van der Waals surface area contributed by atoms with Crippen LogP contribution in [0.25, 0.3) is 10.9 Å². The number of hydrogen-bond acceptors (Lipinski definition) is 4. The summed E-state index contributed by atoms with van der Waals surface area (Å²) in [6, 6.07) is 14.9. The maximum atomic E-state index is 12.2. The van der Waals surface area contributed by atoms with Crippen molar-refractivity contribution in [3.8, 4) is 0 Å². The van der Waals surface area contributed by atoms with E-state index in [1.807, 2.05) is 42.5 Å². The number of benzene rings is 2. The fourth-order valence-corrected chi connectivity index (χ4v) is 2.46. The molecule has 0 fully saturated rings. The van der Waals surface area contributed by atoms with Crippen LogP contribution in [0.15, 0.2) is 54.7 Å². The van der Waals surface area contributed by atoms with Crippen molar-refractivity contribution in [2.75, 3.05) is 16.8 Å². The molecule has 2 aromatic carbocycles. The minimum absolute atomic E-state index is 0. The lowest BCUT2D eigenvalue weighted by Gasteiger charge is -2.09. The zero-order valence-electron chi connectivity index (χ0n) is 13.0. The van der Waals surface area contributed by atoms with Crippen LogP contribution in [0.1, 0.15) is 12.0 Å². The molecule has 0 saturated carbocycles. The molecule has 3 rings (SSSR count). The quantitative estimate of drug-likeness (QED) is 0.633. The fourth-order valence-electron chi connectivity index (χ4n) is 2.46. The molecule has 6 heteroatoms. The standard InChI is InChI=1S/C18H18N4O.ClH/c19-14-8-6-12(11-15(14)20)7-9-18(23)22-17-5-1-4-16-13(17)3-2-10-21-16;/h1-6,8,10-11H,7,9,19-20H2,(H,22,23);1H. The largest absolute Gasteiger partial charge is 0.397 e. The molecular formula is C18H19ClN4O. The van der Waals surface area contributed by atoms with E-state index in [-0.39, 0.29) is 18.3 Å². The average molecular weight is 343 g/mol. The van der Waals surface area contributed by atoms with E-state index < -0.39 is 0 Å². The molecule has 124 valence electrons. The molecular weight excluding hydrogens is 324 g/mol. The topological polar surface area (TPSA) is 94.0 Å². The highest BCUT2D eigenvalue weighted by molar-refractivity contribution is 6.00. The first-order chi connectivity index (χ1) is 11.1. The molecule has 0 aliphatic rings. The summed E-state index contributed by atoms with van der Waals surface area (Å²) >= 11 is 0. The Morgan fingerprint density at radius 1 is 1.04 bits per heavy atom. The number of pyridine rings is 1. The Kier molecular flexibility index (Phi) is 5.60. The van der Waals surface area contributed by atoms with E-state index in [2.05, 4.69) is 10.3 Å². The Balaban J connectivity index is 0.00000208. The van der Waals surface area contributed by atoms with Gasteiger partial charge in [0.2, 0.25) is 5.91 Å². The minimum Gasteiger partial charge on any atom is -0.397 e. The third-order valence-electron chi connectivity index (χ3n) is 3.71. The number of aryl methyl sites for hydroxylation is 1. The summed E-state index contributed by atoms with van der Waals surface area (Å²) in [4.78, 5) is 16.5. The van der Waals surface area contributed by atoms with Gasteiger partial charge in [-0.25, -0.2) is 0 Å². The van der Waals surface area contributed by atoms with E-state index in [1.54, 1.807) is 12.3 Å². The summed E-state index contributed by atoms with van der Waals surface area (Å²) in [5, 5.41) is 3.88. The molecule has 5 N–H and O–H groups in total. The highest BCUT2D eigenvalue weighted by atomic mass is 35.5. The van der Waals surface area contributed by atoms with E-state index in [9.17, 15) is 4.79 Å². The molecule has 0 spiro atoms. The number of carbonyl (C=O) groups is 1. The van der Waals surface area contributed by atoms with Crippen molar-refractivity contribution in [2.24, 2.45) is 0 Å². The zero-order valence-corrected chi connectivity index (χ0v) is 13.8. The van der Waals surface area contributed by atoms with Gasteiger partial charge in [-0.15, -0.1) is 12.4 Å². The molecule has 1 heterocycles. The van der Waals surface area contributed by atoms with Crippen molar-refractivity contribution in [1.82, 2.24) is 4.98 Å². The number of nitrogen functional groups attached to an aromatic ring is 2. The molecule has 0 atom stereocenters. The summed E-state index contributed by atoms with van der Waals surface area (Å²) in [6.07, 6.45) is 2.72. The number of rotatable bonds is 4. The molecule has 1 amide bonds.